The molecule has 0 aliphatic carbocycles. The predicted octanol–water partition coefficient (Wildman–Crippen LogP) is 6.37. The van der Waals surface area contributed by atoms with Gasteiger partial charge in [0.2, 0.25) is 0 Å². The van der Waals surface area contributed by atoms with Crippen molar-refractivity contribution in [3.8, 4) is 17.2 Å². The summed E-state index contributed by atoms with van der Waals surface area (Å²) in [4.78, 5) is 36.6. The van der Waals surface area contributed by atoms with Crippen LogP contribution in [0, 0.1) is 23.0 Å². The fourth-order valence-corrected chi connectivity index (χ4v) is 7.86. The smallest absolute Gasteiger partial charge is 0.412 e. The highest BCUT2D eigenvalue weighted by Gasteiger charge is 2.44. The Morgan fingerprint density at radius 3 is 2.49 bits per heavy atom. The van der Waals surface area contributed by atoms with E-state index in [-0.39, 0.29) is 57.9 Å². The van der Waals surface area contributed by atoms with E-state index in [1.54, 1.807) is 20.8 Å². The number of fused-ring (bicyclic) bond motifs is 6. The number of likely N-dealkylation sites (tertiary alicyclic amines) is 1. The van der Waals surface area contributed by atoms with Gasteiger partial charge in [0.25, 0.3) is 0 Å². The molecule has 0 spiro atoms. The second kappa shape index (κ2) is 10.5. The van der Waals surface area contributed by atoms with Crippen molar-refractivity contribution < 1.29 is 33.0 Å². The van der Waals surface area contributed by atoms with Crippen LogP contribution in [0.25, 0.3) is 32.1 Å². The van der Waals surface area contributed by atoms with Crippen LogP contribution in [0.4, 0.5) is 29.2 Å². The molecule has 2 aromatic heterocycles. The number of nitrogens with zero attached hydrogens (tertiary/aromatic N) is 5. The van der Waals surface area contributed by atoms with Crippen molar-refractivity contribution in [3.05, 3.63) is 46.8 Å². The van der Waals surface area contributed by atoms with Crippen molar-refractivity contribution in [2.75, 3.05) is 23.3 Å². The van der Waals surface area contributed by atoms with Gasteiger partial charge in [-0.15, -0.1) is 11.3 Å². The first-order valence-electron chi connectivity index (χ1n) is 14.4. The largest absolute Gasteiger partial charge is 0.465 e. The summed E-state index contributed by atoms with van der Waals surface area (Å²) >= 11 is 1.06. The van der Waals surface area contributed by atoms with Gasteiger partial charge in [-0.25, -0.2) is 28.3 Å². The summed E-state index contributed by atoms with van der Waals surface area (Å²) in [6.07, 6.45) is 1.04. The molecule has 2 unspecified atom stereocenters. The third-order valence-corrected chi connectivity index (χ3v) is 9.56. The zero-order valence-corrected chi connectivity index (χ0v) is 25.4. The Kier molecular flexibility index (Phi) is 6.79. The highest BCUT2D eigenvalue weighted by molar-refractivity contribution is 7.23. The molecule has 2 N–H and O–H groups in total. The minimum Gasteiger partial charge on any atom is -0.465 e. The molecule has 3 aliphatic heterocycles. The molecule has 3 aliphatic rings. The molecule has 5 heterocycles. The average molecular weight is 635 g/mol. The number of hydrogen-bond donors (Lipinski definition) is 2. The Morgan fingerprint density at radius 1 is 1.11 bits per heavy atom. The lowest BCUT2D eigenvalue weighted by Crippen LogP contribution is -2.55. The molecule has 2 amide bonds. The molecule has 45 heavy (non-hydrogen) atoms. The van der Waals surface area contributed by atoms with E-state index < -0.39 is 29.4 Å². The van der Waals surface area contributed by atoms with Crippen LogP contribution in [0.2, 0.25) is 0 Å². The number of nitriles is 1. The van der Waals surface area contributed by atoms with Crippen molar-refractivity contribution in [2.45, 2.75) is 64.5 Å². The van der Waals surface area contributed by atoms with Gasteiger partial charge in [-0.3, -0.25) is 5.32 Å². The fraction of sp³-hybridized carbons (Fsp3) is 0.387. The SMILES string of the molecule is CC(C)(C)OC(=O)Nc1sc2ccc(F)c(-c3c4c(c5c(N6C7CCC6CN(C(=O)O)C7)ncnc5c3F)COC4)c2c1C#N. The van der Waals surface area contributed by atoms with Crippen LogP contribution in [-0.2, 0) is 22.7 Å². The third kappa shape index (κ3) is 4.69. The first-order valence-corrected chi connectivity index (χ1v) is 15.3. The zero-order valence-electron chi connectivity index (χ0n) is 24.6. The van der Waals surface area contributed by atoms with Gasteiger partial charge in [-0.05, 0) is 56.9 Å². The number of piperazine rings is 1. The van der Waals surface area contributed by atoms with E-state index in [9.17, 15) is 20.0 Å². The standard InChI is InChI=1S/C31H28F2N6O5S/c1-31(2,3)44-29(40)37-28-16(8-34)21-20(45-28)7-6-19(32)24(21)22-17-11-43-12-18(17)23-26(25(22)33)35-13-36-27(23)39-14-4-5-15(39)10-38(9-14)30(41)42/h6-7,13-15H,4-5,9-12H2,1-3H3,(H,37,40)(H,41,42). The normalized spacial score (nSPS) is 19.2. The van der Waals surface area contributed by atoms with E-state index in [1.165, 1.54) is 23.4 Å². The van der Waals surface area contributed by atoms with Gasteiger partial charge in [-0.2, -0.15) is 5.26 Å². The number of carbonyl (C=O) groups is 2. The van der Waals surface area contributed by atoms with E-state index in [4.69, 9.17) is 9.47 Å². The summed E-state index contributed by atoms with van der Waals surface area (Å²) in [7, 11) is 0. The molecule has 232 valence electrons. The molecule has 11 nitrogen and oxygen atoms in total. The number of aromatic nitrogens is 2. The molecule has 7 rings (SSSR count). The molecule has 4 aromatic rings. The molecule has 2 aromatic carbocycles. The molecule has 2 atom stereocenters. The second-order valence-electron chi connectivity index (χ2n) is 12.4. The van der Waals surface area contributed by atoms with Gasteiger partial charge in [0, 0.05) is 46.4 Å². The van der Waals surface area contributed by atoms with Gasteiger partial charge in [-0.1, -0.05) is 0 Å². The van der Waals surface area contributed by atoms with Crippen LogP contribution >= 0.6 is 11.3 Å². The van der Waals surface area contributed by atoms with Crippen molar-refractivity contribution in [1.29, 1.82) is 5.26 Å². The minimum absolute atomic E-state index is 0.00359. The van der Waals surface area contributed by atoms with Crippen LogP contribution in [-0.4, -0.2) is 62.9 Å². The Bertz CT molecular complexity index is 1950. The van der Waals surface area contributed by atoms with Crippen LogP contribution in [0.15, 0.2) is 18.5 Å². The minimum atomic E-state index is -0.977. The number of carbonyl (C=O) groups excluding carboxylic acids is 1. The number of hydrogen-bond acceptors (Lipinski definition) is 9. The fourth-order valence-electron chi connectivity index (χ4n) is 6.81. The average Bonchev–Trinajstić information content (AvgIpc) is 3.66. The van der Waals surface area contributed by atoms with E-state index in [0.29, 0.717) is 40.1 Å². The molecule has 2 bridgehead atoms. The Labute approximate surface area is 260 Å². The molecule has 0 saturated carbocycles. The Hall–Kier alpha value is -4.61. The predicted molar refractivity (Wildman–Crippen MR) is 162 cm³/mol. The lowest BCUT2D eigenvalue weighted by Gasteiger charge is -2.41. The quantitative estimate of drug-likeness (QED) is 0.263. The number of nitrogens with one attached hydrogen (secondary N) is 1. The van der Waals surface area contributed by atoms with Gasteiger partial charge < -0.3 is 24.4 Å². The highest BCUT2D eigenvalue weighted by Crippen LogP contribution is 2.49. The first kappa shape index (κ1) is 29.1. The maximum atomic E-state index is 16.9. The number of thiophene rings is 1. The molecular weight excluding hydrogens is 606 g/mol. The van der Waals surface area contributed by atoms with E-state index in [0.717, 1.165) is 24.2 Å². The van der Waals surface area contributed by atoms with Crippen LogP contribution in [0.1, 0.15) is 50.3 Å². The summed E-state index contributed by atoms with van der Waals surface area (Å²) in [6.45, 7) is 5.83. The first-order chi connectivity index (χ1) is 21.5. The number of carboxylic acid groups (broad SMARTS) is 1. The Morgan fingerprint density at radius 2 is 1.82 bits per heavy atom. The number of amides is 2. The van der Waals surface area contributed by atoms with Crippen molar-refractivity contribution in [3.63, 3.8) is 0 Å². The van der Waals surface area contributed by atoms with E-state index >= 15 is 8.78 Å². The summed E-state index contributed by atoms with van der Waals surface area (Å²) < 4.78 is 44.5. The van der Waals surface area contributed by atoms with E-state index in [1.807, 2.05) is 0 Å². The third-order valence-electron chi connectivity index (χ3n) is 8.49. The lowest BCUT2D eigenvalue weighted by molar-refractivity contribution is 0.0636. The lowest BCUT2D eigenvalue weighted by atomic mass is 9.90. The number of ether oxygens (including phenoxy) is 2. The maximum absolute atomic E-state index is 16.9. The number of rotatable bonds is 3. The molecule has 0 radical (unpaired) electrons. The molecule has 14 heteroatoms. The number of halogens is 2. The summed E-state index contributed by atoms with van der Waals surface area (Å²) in [5.41, 5.74) is 0.0536. The van der Waals surface area contributed by atoms with Crippen LogP contribution < -0.4 is 10.2 Å². The maximum Gasteiger partial charge on any atom is 0.412 e. The molecular formula is C31H28F2N6O5S. The highest BCUT2D eigenvalue weighted by atomic mass is 32.1. The van der Waals surface area contributed by atoms with Gasteiger partial charge in [0.05, 0.1) is 24.2 Å². The van der Waals surface area contributed by atoms with Crippen LogP contribution in [0.3, 0.4) is 0 Å². The van der Waals surface area contributed by atoms with Gasteiger partial charge in [0.15, 0.2) is 5.82 Å². The van der Waals surface area contributed by atoms with E-state index in [2.05, 4.69) is 26.3 Å². The van der Waals surface area contributed by atoms with Gasteiger partial charge in [0.1, 0.15) is 40.2 Å². The summed E-state index contributed by atoms with van der Waals surface area (Å²) in [6, 6.07) is 4.50. The van der Waals surface area contributed by atoms with Gasteiger partial charge >= 0.3 is 12.2 Å². The topological polar surface area (TPSA) is 141 Å². The van der Waals surface area contributed by atoms with Crippen molar-refractivity contribution in [2.24, 2.45) is 0 Å². The Balaban J connectivity index is 1.41. The molecule has 2 fully saturated rings. The molecule has 2 saturated heterocycles. The zero-order chi connectivity index (χ0) is 31.8. The second-order valence-corrected chi connectivity index (χ2v) is 13.4. The van der Waals surface area contributed by atoms with Crippen molar-refractivity contribution >= 4 is 55.3 Å². The summed E-state index contributed by atoms with van der Waals surface area (Å²) in [5.74, 6) is -1.02. The number of anilines is 2. The summed E-state index contributed by atoms with van der Waals surface area (Å²) in [5, 5.41) is 23.2. The monoisotopic (exact) mass is 634 g/mol. The van der Waals surface area contributed by atoms with Crippen LogP contribution in [0.5, 0.6) is 0 Å². The van der Waals surface area contributed by atoms with Crippen molar-refractivity contribution in [1.82, 2.24) is 14.9 Å². The number of benzene rings is 2.